The third-order valence-corrected chi connectivity index (χ3v) is 6.34. The molecule has 1 fully saturated rings. The van der Waals surface area contributed by atoms with Crippen LogP contribution in [0.1, 0.15) is 24.0 Å². The first-order valence-corrected chi connectivity index (χ1v) is 10.2. The number of benzene rings is 1. The minimum absolute atomic E-state index is 0.0102. The Kier molecular flexibility index (Phi) is 5.04. The van der Waals surface area contributed by atoms with Gasteiger partial charge >= 0.3 is 5.63 Å². The molecule has 0 bridgehead atoms. The Bertz CT molecular complexity index is 1010. The molecule has 1 saturated heterocycles. The zero-order valence-electron chi connectivity index (χ0n) is 14.7. The van der Waals surface area contributed by atoms with E-state index in [2.05, 4.69) is 5.32 Å². The van der Waals surface area contributed by atoms with Crippen molar-refractivity contribution in [2.24, 2.45) is 0 Å². The average molecular weight is 379 g/mol. The fourth-order valence-electron chi connectivity index (χ4n) is 3.23. The zero-order chi connectivity index (χ0) is 18.9. The number of amides is 1. The summed E-state index contributed by atoms with van der Waals surface area (Å²) in [5.74, 6) is 0.491. The summed E-state index contributed by atoms with van der Waals surface area (Å²) in [4.78, 5) is 23.7. The van der Waals surface area contributed by atoms with Crippen molar-refractivity contribution in [2.75, 3.05) is 18.6 Å². The lowest BCUT2D eigenvalue weighted by Crippen LogP contribution is -2.35. The van der Waals surface area contributed by atoms with Crippen LogP contribution >= 0.6 is 0 Å². The molecule has 140 valence electrons. The van der Waals surface area contributed by atoms with Crippen molar-refractivity contribution >= 4 is 26.7 Å². The highest BCUT2D eigenvalue weighted by Crippen LogP contribution is 2.28. The Morgan fingerprint density at radius 3 is 2.77 bits per heavy atom. The van der Waals surface area contributed by atoms with Gasteiger partial charge in [-0.2, -0.15) is 0 Å². The molecule has 0 unspecified atom stereocenters. The molecule has 2 heterocycles. The van der Waals surface area contributed by atoms with E-state index in [1.165, 1.54) is 13.2 Å². The number of carbonyl (C=O) groups excluding carboxylic acids is 1. The summed E-state index contributed by atoms with van der Waals surface area (Å²) >= 11 is 0. The Hall–Kier alpha value is -2.35. The molecule has 26 heavy (non-hydrogen) atoms. The van der Waals surface area contributed by atoms with E-state index in [1.54, 1.807) is 6.07 Å². The van der Waals surface area contributed by atoms with Gasteiger partial charge < -0.3 is 14.5 Å². The molecule has 1 aliphatic rings. The minimum Gasteiger partial charge on any atom is -0.496 e. The molecule has 1 N–H and O–H groups in total. The van der Waals surface area contributed by atoms with Gasteiger partial charge in [-0.05, 0) is 37.0 Å². The van der Waals surface area contributed by atoms with Gasteiger partial charge in [-0.3, -0.25) is 4.79 Å². The van der Waals surface area contributed by atoms with Crippen LogP contribution in [0.4, 0.5) is 0 Å². The molecule has 8 heteroatoms. The topological polar surface area (TPSA) is 103 Å². The second kappa shape index (κ2) is 7.11. The van der Waals surface area contributed by atoms with E-state index >= 15 is 0 Å². The number of sulfone groups is 1. The zero-order valence-corrected chi connectivity index (χ0v) is 15.5. The maximum absolute atomic E-state index is 12.2. The largest absolute Gasteiger partial charge is 0.496 e. The smallest absolute Gasteiger partial charge is 0.336 e. The number of carbonyl (C=O) groups is 1. The second-order valence-corrected chi connectivity index (χ2v) is 8.80. The summed E-state index contributed by atoms with van der Waals surface area (Å²) in [6, 6.07) is 4.63. The highest BCUT2D eigenvalue weighted by molar-refractivity contribution is 7.91. The van der Waals surface area contributed by atoms with Crippen LogP contribution < -0.4 is 15.7 Å². The van der Waals surface area contributed by atoms with Gasteiger partial charge in [0.25, 0.3) is 0 Å². The van der Waals surface area contributed by atoms with Crippen LogP contribution in [0, 0.1) is 6.92 Å². The summed E-state index contributed by atoms with van der Waals surface area (Å²) in [6.45, 7) is 1.82. The summed E-state index contributed by atoms with van der Waals surface area (Å²) in [7, 11) is -1.51. The Labute approximate surface area is 151 Å². The first kappa shape index (κ1) is 18.4. The summed E-state index contributed by atoms with van der Waals surface area (Å²) in [5, 5.41) is 3.57. The van der Waals surface area contributed by atoms with Crippen molar-refractivity contribution in [3.63, 3.8) is 0 Å². The molecule has 0 radical (unpaired) electrons. The number of rotatable bonds is 5. The normalized spacial score (nSPS) is 18.8. The van der Waals surface area contributed by atoms with E-state index in [4.69, 9.17) is 9.15 Å². The SMILES string of the molecule is COc1cc2oc(=O)cc(C)c2cc1CCC(=O)N[C@H]1CCS(=O)(=O)C1. The lowest BCUT2D eigenvalue weighted by atomic mass is 10.0. The molecular formula is C18H21NO6S. The number of hydrogen-bond acceptors (Lipinski definition) is 6. The van der Waals surface area contributed by atoms with Crippen molar-refractivity contribution in [1.29, 1.82) is 0 Å². The molecule has 0 saturated carbocycles. The van der Waals surface area contributed by atoms with E-state index < -0.39 is 15.5 Å². The van der Waals surface area contributed by atoms with Crippen molar-refractivity contribution in [2.45, 2.75) is 32.2 Å². The number of aryl methyl sites for hydroxylation is 2. The molecule has 0 aliphatic carbocycles. The van der Waals surface area contributed by atoms with E-state index in [-0.39, 0.29) is 29.9 Å². The summed E-state index contributed by atoms with van der Waals surface area (Å²) in [6.07, 6.45) is 1.11. The number of fused-ring (bicyclic) bond motifs is 1. The monoisotopic (exact) mass is 379 g/mol. The van der Waals surface area contributed by atoms with Gasteiger partial charge in [-0.25, -0.2) is 13.2 Å². The van der Waals surface area contributed by atoms with Gasteiger partial charge in [-0.15, -0.1) is 0 Å². The molecule has 1 aromatic heterocycles. The fraction of sp³-hybridized carbons (Fsp3) is 0.444. The predicted octanol–water partition coefficient (Wildman–Crippen LogP) is 1.35. The van der Waals surface area contributed by atoms with Gasteiger partial charge in [0.05, 0.1) is 18.6 Å². The van der Waals surface area contributed by atoms with Crippen molar-refractivity contribution in [3.05, 3.63) is 39.7 Å². The van der Waals surface area contributed by atoms with Crippen LogP contribution in [0.25, 0.3) is 11.0 Å². The Balaban J connectivity index is 1.74. The number of ether oxygens (including phenoxy) is 1. The predicted molar refractivity (Wildman–Crippen MR) is 97.3 cm³/mol. The lowest BCUT2D eigenvalue weighted by Gasteiger charge is -2.13. The Morgan fingerprint density at radius 1 is 1.35 bits per heavy atom. The first-order chi connectivity index (χ1) is 12.3. The van der Waals surface area contributed by atoms with Crippen LogP contribution in [-0.2, 0) is 21.1 Å². The second-order valence-electron chi connectivity index (χ2n) is 6.58. The van der Waals surface area contributed by atoms with Gasteiger partial charge in [0.2, 0.25) is 5.91 Å². The molecule has 2 aromatic rings. The van der Waals surface area contributed by atoms with Crippen LogP contribution in [-0.4, -0.2) is 39.0 Å². The van der Waals surface area contributed by atoms with Crippen LogP contribution in [0.3, 0.4) is 0 Å². The fourth-order valence-corrected chi connectivity index (χ4v) is 4.91. The maximum Gasteiger partial charge on any atom is 0.336 e. The standard InChI is InChI=1S/C18H21NO6S/c1-11-7-18(21)25-16-9-15(24-2)12(8-14(11)16)3-4-17(20)19-13-5-6-26(22,23)10-13/h7-9,13H,3-6,10H2,1-2H3,(H,19,20)/t13-/m0/s1. The quantitative estimate of drug-likeness (QED) is 0.787. The molecular weight excluding hydrogens is 358 g/mol. The third-order valence-electron chi connectivity index (χ3n) is 4.57. The van der Waals surface area contributed by atoms with Gasteiger partial charge in [-0.1, -0.05) is 0 Å². The molecule has 1 atom stereocenters. The molecule has 1 aromatic carbocycles. The minimum atomic E-state index is -3.02. The molecule has 1 amide bonds. The van der Waals surface area contributed by atoms with Gasteiger partial charge in [0.1, 0.15) is 11.3 Å². The van der Waals surface area contributed by atoms with E-state index in [1.807, 2.05) is 13.0 Å². The summed E-state index contributed by atoms with van der Waals surface area (Å²) in [5.41, 5.74) is 1.64. The molecule has 3 rings (SSSR count). The first-order valence-electron chi connectivity index (χ1n) is 8.38. The van der Waals surface area contributed by atoms with Crippen molar-refractivity contribution in [1.82, 2.24) is 5.32 Å². The molecule has 7 nitrogen and oxygen atoms in total. The average Bonchev–Trinajstić information content (AvgIpc) is 2.90. The third kappa shape index (κ3) is 4.07. The van der Waals surface area contributed by atoms with E-state index in [0.29, 0.717) is 24.2 Å². The van der Waals surface area contributed by atoms with Crippen LogP contribution in [0.15, 0.2) is 27.4 Å². The van der Waals surface area contributed by atoms with Crippen molar-refractivity contribution < 1.29 is 22.4 Å². The summed E-state index contributed by atoms with van der Waals surface area (Å²) < 4.78 is 33.5. The molecule has 0 spiro atoms. The maximum atomic E-state index is 12.2. The van der Waals surface area contributed by atoms with Crippen LogP contribution in [0.5, 0.6) is 5.75 Å². The van der Waals surface area contributed by atoms with E-state index in [9.17, 15) is 18.0 Å². The molecule has 1 aliphatic heterocycles. The number of methoxy groups -OCH3 is 1. The number of nitrogens with one attached hydrogen (secondary N) is 1. The lowest BCUT2D eigenvalue weighted by molar-refractivity contribution is -0.121. The van der Waals surface area contributed by atoms with Crippen molar-refractivity contribution in [3.8, 4) is 5.75 Å². The van der Waals surface area contributed by atoms with E-state index in [0.717, 1.165) is 16.5 Å². The van der Waals surface area contributed by atoms with Crippen LogP contribution in [0.2, 0.25) is 0 Å². The van der Waals surface area contributed by atoms with Gasteiger partial charge in [0.15, 0.2) is 9.84 Å². The Morgan fingerprint density at radius 2 is 2.12 bits per heavy atom. The van der Waals surface area contributed by atoms with Gasteiger partial charge in [0, 0.05) is 30.0 Å². The highest BCUT2D eigenvalue weighted by atomic mass is 32.2. The highest BCUT2D eigenvalue weighted by Gasteiger charge is 2.28. The number of hydrogen-bond donors (Lipinski definition) is 1.